The van der Waals surface area contributed by atoms with Gasteiger partial charge in [0.25, 0.3) is 0 Å². The van der Waals surface area contributed by atoms with Gasteiger partial charge < -0.3 is 10.1 Å². The van der Waals surface area contributed by atoms with E-state index < -0.39 is 5.97 Å². The van der Waals surface area contributed by atoms with Gasteiger partial charge in [0.15, 0.2) is 6.61 Å². The van der Waals surface area contributed by atoms with Crippen molar-refractivity contribution in [2.24, 2.45) is 0 Å². The van der Waals surface area contributed by atoms with Crippen LogP contribution in [0.5, 0.6) is 0 Å². The minimum Gasteiger partial charge on any atom is -0.449 e. The summed E-state index contributed by atoms with van der Waals surface area (Å²) in [6, 6.07) is 13.2. The summed E-state index contributed by atoms with van der Waals surface area (Å²) >= 11 is 0. The number of halogens is 1. The van der Waals surface area contributed by atoms with Gasteiger partial charge in [-0.1, -0.05) is 24.1 Å². The first-order valence-electron chi connectivity index (χ1n) is 6.38. The molecular weight excluding hydrogens is 269 g/mol. The molecule has 0 unspecified atom stereocenters. The van der Waals surface area contributed by atoms with Crippen molar-refractivity contribution in [2.45, 2.75) is 6.54 Å². The van der Waals surface area contributed by atoms with Gasteiger partial charge in [0.2, 0.25) is 0 Å². The van der Waals surface area contributed by atoms with Crippen LogP contribution in [0.25, 0.3) is 0 Å². The summed E-state index contributed by atoms with van der Waals surface area (Å²) in [5, 5.41) is 3.12. The molecule has 106 valence electrons. The third-order valence-corrected chi connectivity index (χ3v) is 2.77. The Morgan fingerprint density at radius 2 is 2.05 bits per heavy atom. The van der Waals surface area contributed by atoms with E-state index in [0.29, 0.717) is 12.1 Å². The highest BCUT2D eigenvalue weighted by Gasteiger charge is 2.07. The maximum Gasteiger partial charge on any atom is 0.339 e. The Morgan fingerprint density at radius 3 is 2.81 bits per heavy atom. The quantitative estimate of drug-likeness (QED) is 0.676. The van der Waals surface area contributed by atoms with Crippen LogP contribution in [-0.2, 0) is 11.3 Å². The number of hydrogen-bond donors (Lipinski definition) is 1. The van der Waals surface area contributed by atoms with E-state index in [9.17, 15) is 9.18 Å². The molecule has 0 spiro atoms. The molecule has 2 rings (SSSR count). The normalized spacial score (nSPS) is 9.71. The molecular formula is C17H14FNO2. The summed E-state index contributed by atoms with van der Waals surface area (Å²) in [6.45, 7) is 0.403. The predicted molar refractivity (Wildman–Crippen MR) is 79.3 cm³/mol. The highest BCUT2D eigenvalue weighted by Crippen LogP contribution is 2.13. The van der Waals surface area contributed by atoms with Crippen molar-refractivity contribution in [3.63, 3.8) is 0 Å². The lowest BCUT2D eigenvalue weighted by Crippen LogP contribution is -2.06. The van der Waals surface area contributed by atoms with Crippen molar-refractivity contribution in [1.29, 1.82) is 0 Å². The van der Waals surface area contributed by atoms with Crippen molar-refractivity contribution in [3.05, 3.63) is 65.5 Å². The Kier molecular flexibility index (Phi) is 4.94. The number of carbonyl (C=O) groups is 1. The van der Waals surface area contributed by atoms with E-state index in [4.69, 9.17) is 11.2 Å². The van der Waals surface area contributed by atoms with Crippen LogP contribution >= 0.6 is 0 Å². The van der Waals surface area contributed by atoms with Gasteiger partial charge in [-0.2, -0.15) is 0 Å². The van der Waals surface area contributed by atoms with E-state index >= 15 is 0 Å². The third kappa shape index (κ3) is 4.36. The van der Waals surface area contributed by atoms with E-state index in [2.05, 4.69) is 11.2 Å². The molecule has 0 fully saturated rings. The molecule has 4 heteroatoms. The summed E-state index contributed by atoms with van der Waals surface area (Å²) in [7, 11) is 0. The van der Waals surface area contributed by atoms with Crippen molar-refractivity contribution >= 4 is 11.7 Å². The molecule has 2 aromatic rings. The smallest absolute Gasteiger partial charge is 0.339 e. The second-order valence-electron chi connectivity index (χ2n) is 4.34. The predicted octanol–water partition coefficient (Wildman–Crippen LogP) is 3.23. The fourth-order valence-electron chi connectivity index (χ4n) is 1.80. The lowest BCUT2D eigenvalue weighted by atomic mass is 10.2. The van der Waals surface area contributed by atoms with Gasteiger partial charge in [-0.15, -0.1) is 6.42 Å². The average molecular weight is 283 g/mol. The highest BCUT2D eigenvalue weighted by molar-refractivity contribution is 5.90. The van der Waals surface area contributed by atoms with Crippen LogP contribution in [0.1, 0.15) is 15.9 Å². The largest absolute Gasteiger partial charge is 0.449 e. The van der Waals surface area contributed by atoms with Gasteiger partial charge in [0.05, 0.1) is 5.56 Å². The fourth-order valence-corrected chi connectivity index (χ4v) is 1.80. The fraction of sp³-hybridized carbons (Fsp3) is 0.118. The lowest BCUT2D eigenvalue weighted by Gasteiger charge is -2.08. The summed E-state index contributed by atoms with van der Waals surface area (Å²) in [5.41, 5.74) is 1.97. The third-order valence-electron chi connectivity index (χ3n) is 2.77. The Bertz CT molecular complexity index is 676. The molecule has 0 atom stereocenters. The standard InChI is InChI=1S/C17H14FNO2/c1-2-9-21-17(20)14-6-4-8-16(11-14)19-12-13-5-3-7-15(18)10-13/h1,3-8,10-11,19H,9,12H2. The first-order chi connectivity index (χ1) is 10.2. The van der Waals surface area contributed by atoms with Gasteiger partial charge in [0.1, 0.15) is 5.82 Å². The number of terminal acetylenes is 1. The molecule has 0 aliphatic heterocycles. The Morgan fingerprint density at radius 1 is 1.24 bits per heavy atom. The van der Waals surface area contributed by atoms with Gasteiger partial charge in [-0.3, -0.25) is 0 Å². The van der Waals surface area contributed by atoms with Crippen LogP contribution in [0.3, 0.4) is 0 Å². The maximum atomic E-state index is 13.1. The number of benzene rings is 2. The number of carbonyl (C=O) groups excluding carboxylic acids is 1. The van der Waals surface area contributed by atoms with Crippen molar-refractivity contribution in [2.75, 3.05) is 11.9 Å². The molecule has 0 saturated heterocycles. The lowest BCUT2D eigenvalue weighted by molar-refractivity contribution is 0.0557. The number of hydrogen-bond acceptors (Lipinski definition) is 3. The molecule has 0 aromatic heterocycles. The van der Waals surface area contributed by atoms with E-state index in [1.165, 1.54) is 12.1 Å². The van der Waals surface area contributed by atoms with E-state index in [-0.39, 0.29) is 12.4 Å². The maximum absolute atomic E-state index is 13.1. The second kappa shape index (κ2) is 7.11. The Hall–Kier alpha value is -2.80. The van der Waals surface area contributed by atoms with Crippen LogP contribution in [-0.4, -0.2) is 12.6 Å². The topological polar surface area (TPSA) is 38.3 Å². The van der Waals surface area contributed by atoms with Crippen LogP contribution < -0.4 is 5.32 Å². The number of nitrogens with one attached hydrogen (secondary N) is 1. The molecule has 0 saturated carbocycles. The van der Waals surface area contributed by atoms with Crippen molar-refractivity contribution in [3.8, 4) is 12.3 Å². The van der Waals surface area contributed by atoms with Gasteiger partial charge >= 0.3 is 5.97 Å². The van der Waals surface area contributed by atoms with E-state index in [0.717, 1.165) is 11.3 Å². The molecule has 0 bridgehead atoms. The van der Waals surface area contributed by atoms with Crippen LogP contribution in [0.2, 0.25) is 0 Å². The molecule has 0 radical (unpaired) electrons. The van der Waals surface area contributed by atoms with Gasteiger partial charge in [0, 0.05) is 12.2 Å². The molecule has 3 nitrogen and oxygen atoms in total. The van der Waals surface area contributed by atoms with Crippen LogP contribution in [0.15, 0.2) is 48.5 Å². The molecule has 0 amide bonds. The second-order valence-corrected chi connectivity index (χ2v) is 4.34. The van der Waals surface area contributed by atoms with Crippen LogP contribution in [0.4, 0.5) is 10.1 Å². The average Bonchev–Trinajstić information content (AvgIpc) is 2.51. The van der Waals surface area contributed by atoms with E-state index in [1.807, 2.05) is 12.1 Å². The highest BCUT2D eigenvalue weighted by atomic mass is 19.1. The molecule has 0 aliphatic rings. The van der Waals surface area contributed by atoms with Gasteiger partial charge in [-0.05, 0) is 35.9 Å². The minimum absolute atomic E-state index is 0.0558. The van der Waals surface area contributed by atoms with Crippen molar-refractivity contribution < 1.29 is 13.9 Å². The molecule has 1 N–H and O–H groups in total. The Labute approximate surface area is 122 Å². The van der Waals surface area contributed by atoms with Crippen LogP contribution in [0, 0.1) is 18.2 Å². The Balaban J connectivity index is 2.01. The summed E-state index contributed by atoms with van der Waals surface area (Å²) < 4.78 is 17.9. The zero-order valence-corrected chi connectivity index (χ0v) is 11.3. The molecule has 0 aliphatic carbocycles. The first-order valence-corrected chi connectivity index (χ1v) is 6.38. The number of anilines is 1. The molecule has 21 heavy (non-hydrogen) atoms. The minimum atomic E-state index is -0.470. The zero-order chi connectivity index (χ0) is 15.1. The number of rotatable bonds is 5. The summed E-state index contributed by atoms with van der Waals surface area (Å²) in [4.78, 5) is 11.7. The summed E-state index contributed by atoms with van der Waals surface area (Å²) in [5.74, 6) is 1.49. The van der Waals surface area contributed by atoms with Gasteiger partial charge in [-0.25, -0.2) is 9.18 Å². The SMILES string of the molecule is C#CCOC(=O)c1cccc(NCc2cccc(F)c2)c1. The van der Waals surface area contributed by atoms with E-state index in [1.54, 1.807) is 24.3 Å². The van der Waals surface area contributed by atoms with Crippen molar-refractivity contribution in [1.82, 2.24) is 0 Å². The number of ether oxygens (including phenoxy) is 1. The monoisotopic (exact) mass is 283 g/mol. The first kappa shape index (κ1) is 14.6. The molecule has 2 aromatic carbocycles. The summed E-state index contributed by atoms with van der Waals surface area (Å²) in [6.07, 6.45) is 5.04. The molecule has 0 heterocycles. The zero-order valence-electron chi connectivity index (χ0n) is 11.3. The number of esters is 1.